The summed E-state index contributed by atoms with van der Waals surface area (Å²) in [5, 5.41) is 9.45. The summed E-state index contributed by atoms with van der Waals surface area (Å²) in [6.07, 6.45) is 3.42. The van der Waals surface area contributed by atoms with Crippen LogP contribution < -0.4 is 11.2 Å². The maximum Gasteiger partial charge on any atom is 0.273 e. The molecule has 3 aromatic carbocycles. The van der Waals surface area contributed by atoms with Crippen molar-refractivity contribution in [1.29, 1.82) is 0 Å². The molecule has 6 nitrogen and oxygen atoms in total. The molecule has 0 fully saturated rings. The first-order valence-electron chi connectivity index (χ1n) is 9.21. The Morgan fingerprint density at radius 2 is 1.70 bits per heavy atom. The summed E-state index contributed by atoms with van der Waals surface area (Å²) in [5.74, 6) is -0.382. The van der Waals surface area contributed by atoms with E-state index >= 15 is 0 Å². The molecular formula is C23H18ClN5O. The van der Waals surface area contributed by atoms with Gasteiger partial charge in [0, 0.05) is 28.0 Å². The van der Waals surface area contributed by atoms with Crippen molar-refractivity contribution in [3.8, 4) is 16.9 Å². The first-order chi connectivity index (χ1) is 14.6. The van der Waals surface area contributed by atoms with Gasteiger partial charge in [-0.05, 0) is 36.4 Å². The van der Waals surface area contributed by atoms with Crippen molar-refractivity contribution >= 4 is 29.4 Å². The lowest BCUT2D eigenvalue weighted by molar-refractivity contribution is 0.0956. The lowest BCUT2D eigenvalue weighted by atomic mass is 10.1. The zero-order valence-electron chi connectivity index (χ0n) is 15.9. The number of anilines is 1. The molecule has 1 heterocycles. The Labute approximate surface area is 178 Å². The molecule has 4 rings (SSSR count). The molecule has 0 aliphatic heterocycles. The first-order valence-corrected chi connectivity index (χ1v) is 9.58. The normalized spacial score (nSPS) is 11.0. The van der Waals surface area contributed by atoms with Crippen molar-refractivity contribution in [2.75, 3.05) is 5.73 Å². The van der Waals surface area contributed by atoms with Gasteiger partial charge in [-0.3, -0.25) is 4.79 Å². The Morgan fingerprint density at radius 1 is 1.00 bits per heavy atom. The maximum atomic E-state index is 12.3. The summed E-state index contributed by atoms with van der Waals surface area (Å²) in [4.78, 5) is 12.3. The molecule has 0 spiro atoms. The van der Waals surface area contributed by atoms with Crippen LogP contribution in [0.4, 0.5) is 5.69 Å². The number of rotatable bonds is 5. The van der Waals surface area contributed by atoms with E-state index in [9.17, 15) is 4.79 Å². The fourth-order valence-corrected chi connectivity index (χ4v) is 3.08. The van der Waals surface area contributed by atoms with Crippen LogP contribution in [0.3, 0.4) is 0 Å². The van der Waals surface area contributed by atoms with Crippen LogP contribution in [-0.2, 0) is 0 Å². The van der Waals surface area contributed by atoms with Crippen LogP contribution in [0.5, 0.6) is 0 Å². The predicted octanol–water partition coefficient (Wildman–Crippen LogP) is 4.54. The molecule has 7 heteroatoms. The van der Waals surface area contributed by atoms with E-state index < -0.39 is 0 Å². The molecule has 30 heavy (non-hydrogen) atoms. The number of aromatic nitrogens is 2. The molecule has 0 saturated carbocycles. The van der Waals surface area contributed by atoms with Gasteiger partial charge >= 0.3 is 0 Å². The van der Waals surface area contributed by atoms with Crippen molar-refractivity contribution < 1.29 is 4.79 Å². The number of hydrogen-bond donors (Lipinski definition) is 2. The van der Waals surface area contributed by atoms with Crippen LogP contribution in [0, 0.1) is 0 Å². The summed E-state index contributed by atoms with van der Waals surface area (Å²) in [7, 11) is 0. The Balaban J connectivity index is 1.65. The zero-order valence-corrected chi connectivity index (χ0v) is 16.6. The molecule has 0 unspecified atom stereocenters. The highest BCUT2D eigenvalue weighted by atomic mass is 35.5. The fourth-order valence-electron chi connectivity index (χ4n) is 2.95. The number of hydrogen-bond acceptors (Lipinski definition) is 4. The summed E-state index contributed by atoms with van der Waals surface area (Å²) in [5.41, 5.74) is 12.4. The standard InChI is InChI=1S/C23H18ClN5O/c24-18-12-10-16(11-13-18)22-17(15-29(28-22)19-6-2-1-3-7-19)14-26-27-23(30)20-8-4-5-9-21(20)25/h1-15H,25H2,(H,27,30). The Kier molecular flexibility index (Phi) is 5.59. The molecular weight excluding hydrogens is 398 g/mol. The van der Waals surface area contributed by atoms with Crippen molar-refractivity contribution in [2.45, 2.75) is 0 Å². The van der Waals surface area contributed by atoms with Crippen molar-refractivity contribution in [1.82, 2.24) is 15.2 Å². The van der Waals surface area contributed by atoms with E-state index in [-0.39, 0.29) is 5.91 Å². The van der Waals surface area contributed by atoms with Crippen LogP contribution >= 0.6 is 11.6 Å². The smallest absolute Gasteiger partial charge is 0.273 e. The van der Waals surface area contributed by atoms with Gasteiger partial charge in [-0.15, -0.1) is 0 Å². The number of hydrazone groups is 1. The lowest BCUT2D eigenvalue weighted by Crippen LogP contribution is -2.19. The van der Waals surface area contributed by atoms with Gasteiger partial charge in [0.25, 0.3) is 5.91 Å². The lowest BCUT2D eigenvalue weighted by Gasteiger charge is -2.03. The molecule has 0 bridgehead atoms. The molecule has 0 radical (unpaired) electrons. The monoisotopic (exact) mass is 415 g/mol. The second kappa shape index (κ2) is 8.63. The second-order valence-corrected chi connectivity index (χ2v) is 6.94. The van der Waals surface area contributed by atoms with E-state index in [4.69, 9.17) is 22.4 Å². The van der Waals surface area contributed by atoms with E-state index in [0.717, 1.165) is 16.8 Å². The minimum Gasteiger partial charge on any atom is -0.398 e. The predicted molar refractivity (Wildman–Crippen MR) is 120 cm³/mol. The number of carbonyl (C=O) groups is 1. The molecule has 0 atom stereocenters. The molecule has 148 valence electrons. The fraction of sp³-hybridized carbons (Fsp3) is 0. The van der Waals surface area contributed by atoms with Gasteiger partial charge in [0.2, 0.25) is 0 Å². The number of nitrogens with zero attached hydrogens (tertiary/aromatic N) is 3. The third-order valence-corrected chi connectivity index (χ3v) is 4.71. The van der Waals surface area contributed by atoms with Crippen molar-refractivity contribution in [2.24, 2.45) is 5.10 Å². The highest BCUT2D eigenvalue weighted by molar-refractivity contribution is 6.30. The van der Waals surface area contributed by atoms with Crippen LogP contribution in [0.25, 0.3) is 16.9 Å². The SMILES string of the molecule is Nc1ccccc1C(=O)NN=Cc1cn(-c2ccccc2)nc1-c1ccc(Cl)cc1. The van der Waals surface area contributed by atoms with E-state index in [1.54, 1.807) is 47.3 Å². The number of nitrogens with two attached hydrogens (primary N) is 1. The minimum atomic E-state index is -0.382. The third kappa shape index (κ3) is 4.24. The van der Waals surface area contributed by atoms with Gasteiger partial charge in [0.15, 0.2) is 0 Å². The quantitative estimate of drug-likeness (QED) is 0.285. The highest BCUT2D eigenvalue weighted by Gasteiger charge is 2.12. The van der Waals surface area contributed by atoms with Gasteiger partial charge in [-0.25, -0.2) is 10.1 Å². The van der Waals surface area contributed by atoms with Crippen LogP contribution in [0.2, 0.25) is 5.02 Å². The summed E-state index contributed by atoms with van der Waals surface area (Å²) >= 11 is 6.02. The number of nitrogens with one attached hydrogen (secondary N) is 1. The molecule has 1 amide bonds. The first kappa shape index (κ1) is 19.4. The van der Waals surface area contributed by atoms with E-state index in [1.165, 1.54) is 0 Å². The maximum absolute atomic E-state index is 12.3. The molecule has 4 aromatic rings. The second-order valence-electron chi connectivity index (χ2n) is 6.51. The molecule has 0 aliphatic carbocycles. The summed E-state index contributed by atoms with van der Waals surface area (Å²) < 4.78 is 1.77. The topological polar surface area (TPSA) is 85.3 Å². The number of para-hydroxylation sites is 2. The van der Waals surface area contributed by atoms with Crippen molar-refractivity contribution in [3.63, 3.8) is 0 Å². The number of carbonyl (C=O) groups excluding carboxylic acids is 1. The van der Waals surface area contributed by atoms with E-state index in [1.807, 2.05) is 48.7 Å². The molecule has 0 aliphatic rings. The Morgan fingerprint density at radius 3 is 2.43 bits per heavy atom. The average Bonchev–Trinajstić information content (AvgIpc) is 3.19. The third-order valence-electron chi connectivity index (χ3n) is 4.46. The Hall–Kier alpha value is -3.90. The highest BCUT2D eigenvalue weighted by Crippen LogP contribution is 2.24. The molecule has 1 aromatic heterocycles. The molecule has 3 N–H and O–H groups in total. The number of nitrogen functional groups attached to an aromatic ring is 1. The summed E-state index contributed by atoms with van der Waals surface area (Å²) in [6, 6.07) is 24.0. The van der Waals surface area contributed by atoms with Crippen LogP contribution in [-0.4, -0.2) is 21.9 Å². The van der Waals surface area contributed by atoms with Crippen LogP contribution in [0.1, 0.15) is 15.9 Å². The Bertz CT molecular complexity index is 1200. The number of amides is 1. The van der Waals surface area contributed by atoms with Crippen molar-refractivity contribution in [3.05, 3.63) is 101 Å². The molecule has 0 saturated heterocycles. The van der Waals surface area contributed by atoms with Gasteiger partial charge in [0.05, 0.1) is 17.5 Å². The summed E-state index contributed by atoms with van der Waals surface area (Å²) in [6.45, 7) is 0. The van der Waals surface area contributed by atoms with Gasteiger partial charge in [0.1, 0.15) is 5.69 Å². The van der Waals surface area contributed by atoms with Gasteiger partial charge in [-0.1, -0.05) is 54.1 Å². The largest absolute Gasteiger partial charge is 0.398 e. The van der Waals surface area contributed by atoms with Gasteiger partial charge < -0.3 is 5.73 Å². The average molecular weight is 416 g/mol. The van der Waals surface area contributed by atoms with E-state index in [0.29, 0.717) is 22.0 Å². The number of halogens is 1. The van der Waals surface area contributed by atoms with Gasteiger partial charge in [-0.2, -0.15) is 10.2 Å². The van der Waals surface area contributed by atoms with E-state index in [2.05, 4.69) is 10.5 Å². The minimum absolute atomic E-state index is 0.368. The number of benzene rings is 3. The van der Waals surface area contributed by atoms with Crippen LogP contribution in [0.15, 0.2) is 90.2 Å². The zero-order chi connectivity index (χ0) is 20.9.